The van der Waals surface area contributed by atoms with Crippen LogP contribution in [0.2, 0.25) is 0 Å². The van der Waals surface area contributed by atoms with Gasteiger partial charge in [0.25, 0.3) is 0 Å². The molecule has 2 N–H and O–H groups in total. The molecule has 0 spiro atoms. The van der Waals surface area contributed by atoms with E-state index < -0.39 is 12.3 Å². The van der Waals surface area contributed by atoms with Crippen LogP contribution in [0.25, 0.3) is 0 Å². The van der Waals surface area contributed by atoms with Crippen LogP contribution in [0.1, 0.15) is 42.7 Å². The highest BCUT2D eigenvalue weighted by atomic mass is 16.3. The topological polar surface area (TPSA) is 69.6 Å². The summed E-state index contributed by atoms with van der Waals surface area (Å²) >= 11 is 0. The molecule has 0 bridgehead atoms. The summed E-state index contributed by atoms with van der Waals surface area (Å²) < 4.78 is 0. The smallest absolute Gasteiger partial charge is 0.244 e. The van der Waals surface area contributed by atoms with Crippen LogP contribution in [0.4, 0.5) is 0 Å². The lowest BCUT2D eigenvalue weighted by Gasteiger charge is -2.31. The van der Waals surface area contributed by atoms with Gasteiger partial charge in [-0.3, -0.25) is 19.8 Å². The van der Waals surface area contributed by atoms with Crippen LogP contribution in [-0.2, 0) is 22.6 Å². The van der Waals surface area contributed by atoms with E-state index in [-0.39, 0.29) is 11.8 Å². The van der Waals surface area contributed by atoms with Crippen molar-refractivity contribution < 1.29 is 14.7 Å². The SMILES string of the molecule is CCc1ccc2c(c1)CN(C1CCC(=O)NC1=O)C2O. The van der Waals surface area contributed by atoms with Gasteiger partial charge < -0.3 is 5.11 Å². The highest BCUT2D eigenvalue weighted by Crippen LogP contribution is 2.35. The summed E-state index contributed by atoms with van der Waals surface area (Å²) in [5.74, 6) is -0.533. The average molecular weight is 274 g/mol. The van der Waals surface area contributed by atoms with Crippen LogP contribution in [0.15, 0.2) is 18.2 Å². The minimum absolute atomic E-state index is 0.231. The quantitative estimate of drug-likeness (QED) is 0.785. The fraction of sp³-hybridized carbons (Fsp3) is 0.467. The molecule has 20 heavy (non-hydrogen) atoms. The van der Waals surface area contributed by atoms with Gasteiger partial charge in [0.15, 0.2) is 0 Å². The Labute approximate surface area is 117 Å². The Balaban J connectivity index is 1.84. The molecule has 2 aliphatic rings. The molecule has 106 valence electrons. The van der Waals surface area contributed by atoms with E-state index in [0.717, 1.165) is 17.5 Å². The van der Waals surface area contributed by atoms with E-state index >= 15 is 0 Å². The first-order chi connectivity index (χ1) is 9.60. The van der Waals surface area contributed by atoms with Crippen LogP contribution < -0.4 is 5.32 Å². The Morgan fingerprint density at radius 1 is 1.40 bits per heavy atom. The van der Waals surface area contributed by atoms with Crippen molar-refractivity contribution in [2.24, 2.45) is 0 Å². The third-order valence-electron chi connectivity index (χ3n) is 4.17. The number of benzene rings is 1. The van der Waals surface area contributed by atoms with Gasteiger partial charge in [-0.25, -0.2) is 0 Å². The summed E-state index contributed by atoms with van der Waals surface area (Å²) in [4.78, 5) is 24.9. The zero-order chi connectivity index (χ0) is 14.3. The molecular weight excluding hydrogens is 256 g/mol. The number of hydrogen-bond acceptors (Lipinski definition) is 4. The molecule has 0 aromatic heterocycles. The normalized spacial score (nSPS) is 26.5. The van der Waals surface area contributed by atoms with Gasteiger partial charge in [0, 0.05) is 13.0 Å². The molecule has 2 aliphatic heterocycles. The molecule has 1 aromatic carbocycles. The average Bonchev–Trinajstić information content (AvgIpc) is 2.75. The molecule has 0 saturated carbocycles. The van der Waals surface area contributed by atoms with Crippen LogP contribution >= 0.6 is 0 Å². The maximum atomic E-state index is 11.9. The Bertz CT molecular complexity index is 570. The monoisotopic (exact) mass is 274 g/mol. The number of nitrogens with zero attached hydrogens (tertiary/aromatic N) is 1. The number of aryl methyl sites for hydroxylation is 1. The fourth-order valence-electron chi connectivity index (χ4n) is 3.01. The number of rotatable bonds is 2. The molecule has 1 aromatic rings. The van der Waals surface area contributed by atoms with E-state index in [1.807, 2.05) is 12.1 Å². The number of hydrogen-bond donors (Lipinski definition) is 2. The highest BCUT2D eigenvalue weighted by molar-refractivity contribution is 6.00. The van der Waals surface area contributed by atoms with Gasteiger partial charge in [0.1, 0.15) is 6.23 Å². The number of fused-ring (bicyclic) bond motifs is 1. The van der Waals surface area contributed by atoms with Crippen molar-refractivity contribution >= 4 is 11.8 Å². The maximum absolute atomic E-state index is 11.9. The van der Waals surface area contributed by atoms with Gasteiger partial charge in [0.05, 0.1) is 6.04 Å². The van der Waals surface area contributed by atoms with Crippen molar-refractivity contribution in [2.75, 3.05) is 0 Å². The van der Waals surface area contributed by atoms with E-state index in [1.54, 1.807) is 4.90 Å². The Kier molecular flexibility index (Phi) is 3.31. The van der Waals surface area contributed by atoms with Crippen molar-refractivity contribution in [1.82, 2.24) is 10.2 Å². The van der Waals surface area contributed by atoms with E-state index in [9.17, 15) is 14.7 Å². The number of piperidine rings is 1. The second-order valence-corrected chi connectivity index (χ2v) is 5.40. The van der Waals surface area contributed by atoms with Crippen LogP contribution in [0, 0.1) is 0 Å². The molecule has 1 saturated heterocycles. The van der Waals surface area contributed by atoms with Gasteiger partial charge in [0.2, 0.25) is 11.8 Å². The van der Waals surface area contributed by atoms with Crippen molar-refractivity contribution in [3.8, 4) is 0 Å². The minimum Gasteiger partial charge on any atom is -0.374 e. The number of imide groups is 1. The van der Waals surface area contributed by atoms with Crippen LogP contribution in [0.5, 0.6) is 0 Å². The molecule has 0 aliphatic carbocycles. The maximum Gasteiger partial charge on any atom is 0.244 e. The largest absolute Gasteiger partial charge is 0.374 e. The summed E-state index contributed by atoms with van der Waals surface area (Å²) in [5.41, 5.74) is 3.16. The summed E-state index contributed by atoms with van der Waals surface area (Å²) in [6.07, 6.45) is 0.980. The molecule has 0 radical (unpaired) electrons. The second kappa shape index (κ2) is 5.00. The lowest BCUT2D eigenvalue weighted by atomic mass is 10.0. The first kappa shape index (κ1) is 13.3. The van der Waals surface area contributed by atoms with Crippen LogP contribution in [0.3, 0.4) is 0 Å². The van der Waals surface area contributed by atoms with E-state index in [1.165, 1.54) is 5.56 Å². The van der Waals surface area contributed by atoms with E-state index in [4.69, 9.17) is 0 Å². The molecule has 2 unspecified atom stereocenters. The molecule has 2 heterocycles. The third kappa shape index (κ3) is 2.13. The Morgan fingerprint density at radius 2 is 2.20 bits per heavy atom. The van der Waals surface area contributed by atoms with Crippen molar-refractivity contribution in [1.29, 1.82) is 0 Å². The third-order valence-corrected chi connectivity index (χ3v) is 4.17. The van der Waals surface area contributed by atoms with Crippen LogP contribution in [-0.4, -0.2) is 27.9 Å². The number of amides is 2. The lowest BCUT2D eigenvalue weighted by Crippen LogP contribution is -2.51. The number of carbonyl (C=O) groups excluding carboxylic acids is 2. The molecule has 2 amide bonds. The van der Waals surface area contributed by atoms with Gasteiger partial charge in [-0.2, -0.15) is 0 Å². The highest BCUT2D eigenvalue weighted by Gasteiger charge is 2.39. The standard InChI is InChI=1S/C15H18N2O3/c1-2-9-3-4-11-10(7-9)8-17(15(11)20)12-5-6-13(18)16-14(12)19/h3-4,7,12,15,20H,2,5-6,8H2,1H3,(H,16,18,19). The first-order valence-electron chi connectivity index (χ1n) is 6.99. The number of aliphatic hydroxyl groups excluding tert-OH is 1. The zero-order valence-electron chi connectivity index (χ0n) is 11.4. The van der Waals surface area contributed by atoms with E-state index in [2.05, 4.69) is 18.3 Å². The van der Waals surface area contributed by atoms with Crippen molar-refractivity contribution in [2.45, 2.75) is 45.0 Å². The number of aliphatic hydroxyl groups is 1. The molecule has 5 nitrogen and oxygen atoms in total. The molecule has 1 fully saturated rings. The zero-order valence-corrected chi connectivity index (χ0v) is 11.4. The molecule has 3 rings (SSSR count). The Morgan fingerprint density at radius 3 is 2.90 bits per heavy atom. The van der Waals surface area contributed by atoms with Gasteiger partial charge >= 0.3 is 0 Å². The summed E-state index contributed by atoms with van der Waals surface area (Å²) in [7, 11) is 0. The lowest BCUT2D eigenvalue weighted by molar-refractivity contribution is -0.141. The van der Waals surface area contributed by atoms with Gasteiger partial charge in [-0.1, -0.05) is 25.1 Å². The Hall–Kier alpha value is -1.72. The minimum atomic E-state index is -0.764. The number of carbonyl (C=O) groups is 2. The van der Waals surface area contributed by atoms with Crippen molar-refractivity contribution in [3.05, 3.63) is 34.9 Å². The van der Waals surface area contributed by atoms with E-state index in [0.29, 0.717) is 19.4 Å². The fourth-order valence-corrected chi connectivity index (χ4v) is 3.01. The second-order valence-electron chi connectivity index (χ2n) is 5.40. The summed E-state index contributed by atoms with van der Waals surface area (Å²) in [6.45, 7) is 2.64. The predicted octanol–water partition coefficient (Wildman–Crippen LogP) is 0.861. The van der Waals surface area contributed by atoms with Gasteiger partial charge in [-0.15, -0.1) is 0 Å². The number of nitrogens with one attached hydrogen (secondary N) is 1. The molecule has 5 heteroatoms. The molecular formula is C15H18N2O3. The predicted molar refractivity (Wildman–Crippen MR) is 72.5 cm³/mol. The first-order valence-corrected chi connectivity index (χ1v) is 6.99. The van der Waals surface area contributed by atoms with Gasteiger partial charge in [-0.05, 0) is 29.5 Å². The molecule has 2 atom stereocenters. The summed E-state index contributed by atoms with van der Waals surface area (Å²) in [6, 6.07) is 5.60. The van der Waals surface area contributed by atoms with Crippen molar-refractivity contribution in [3.63, 3.8) is 0 Å². The summed E-state index contributed by atoms with van der Waals surface area (Å²) in [5, 5.41) is 12.7.